The lowest BCUT2D eigenvalue weighted by Gasteiger charge is -2.28. The molecule has 0 aliphatic rings. The van der Waals surface area contributed by atoms with E-state index in [1.165, 1.54) is 6.20 Å². The zero-order chi connectivity index (χ0) is 13.9. The summed E-state index contributed by atoms with van der Waals surface area (Å²) in [6.45, 7) is 8.21. The summed E-state index contributed by atoms with van der Waals surface area (Å²) >= 11 is 6.00. The smallest absolute Gasteiger partial charge is 0.253 e. The van der Waals surface area contributed by atoms with Crippen LogP contribution in [0.3, 0.4) is 0 Å². The van der Waals surface area contributed by atoms with Crippen LogP contribution >= 0.6 is 11.6 Å². The second kappa shape index (κ2) is 5.57. The number of halogens is 1. The van der Waals surface area contributed by atoms with Crippen LogP contribution in [-0.4, -0.2) is 24.0 Å². The molecule has 1 rings (SSSR count). The van der Waals surface area contributed by atoms with Gasteiger partial charge in [-0.3, -0.25) is 4.79 Å². The van der Waals surface area contributed by atoms with Crippen LogP contribution in [0.4, 0.5) is 5.82 Å². The predicted molar refractivity (Wildman–Crippen MR) is 75.2 cm³/mol. The molecule has 1 aromatic rings. The monoisotopic (exact) mass is 269 g/mol. The number of anilines is 1. The number of rotatable bonds is 3. The number of hydrogen-bond donors (Lipinski definition) is 2. The van der Waals surface area contributed by atoms with Gasteiger partial charge in [-0.2, -0.15) is 0 Å². The zero-order valence-corrected chi connectivity index (χ0v) is 12.2. The topological polar surface area (TPSA) is 54.0 Å². The number of nitrogens with one attached hydrogen (secondary N) is 2. The summed E-state index contributed by atoms with van der Waals surface area (Å²) in [6, 6.07) is 1.68. The molecule has 4 nitrogen and oxygen atoms in total. The van der Waals surface area contributed by atoms with Crippen molar-refractivity contribution >= 4 is 23.3 Å². The van der Waals surface area contributed by atoms with Gasteiger partial charge in [0.2, 0.25) is 0 Å². The molecule has 0 aliphatic carbocycles. The Bertz CT molecular complexity index is 440. The Labute approximate surface area is 113 Å². The van der Waals surface area contributed by atoms with Crippen LogP contribution in [0.15, 0.2) is 12.3 Å². The molecule has 1 heterocycles. The van der Waals surface area contributed by atoms with Crippen molar-refractivity contribution in [3.8, 4) is 0 Å². The van der Waals surface area contributed by atoms with E-state index in [0.717, 1.165) is 0 Å². The van der Waals surface area contributed by atoms with Crippen molar-refractivity contribution in [2.24, 2.45) is 5.41 Å². The standard InChI is InChI=1S/C13H20ClN3O/c1-8(13(2,3)4)17-12(18)9-6-10(14)11(15-5)16-7-9/h6-8H,1-5H3,(H,15,16)(H,17,18). The average Bonchev–Trinajstić information content (AvgIpc) is 2.27. The second-order valence-electron chi connectivity index (χ2n) is 5.37. The molecule has 18 heavy (non-hydrogen) atoms. The van der Waals surface area contributed by atoms with Crippen molar-refractivity contribution in [1.82, 2.24) is 10.3 Å². The van der Waals surface area contributed by atoms with Gasteiger partial charge in [0, 0.05) is 19.3 Å². The van der Waals surface area contributed by atoms with E-state index in [2.05, 4.69) is 36.4 Å². The van der Waals surface area contributed by atoms with E-state index >= 15 is 0 Å². The van der Waals surface area contributed by atoms with Gasteiger partial charge in [-0.05, 0) is 18.4 Å². The number of aromatic nitrogens is 1. The largest absolute Gasteiger partial charge is 0.372 e. The van der Waals surface area contributed by atoms with Gasteiger partial charge in [0.25, 0.3) is 5.91 Å². The molecule has 1 atom stereocenters. The minimum Gasteiger partial charge on any atom is -0.372 e. The van der Waals surface area contributed by atoms with E-state index in [-0.39, 0.29) is 17.4 Å². The van der Waals surface area contributed by atoms with Gasteiger partial charge >= 0.3 is 0 Å². The third-order valence-corrected chi connectivity index (χ3v) is 3.27. The molecule has 0 bridgehead atoms. The Kier molecular flexibility index (Phi) is 4.57. The quantitative estimate of drug-likeness (QED) is 0.887. The molecular weight excluding hydrogens is 250 g/mol. The third kappa shape index (κ3) is 3.60. The van der Waals surface area contributed by atoms with E-state index in [0.29, 0.717) is 16.4 Å². The molecule has 0 spiro atoms. The minimum absolute atomic E-state index is 0.0117. The molecule has 0 saturated carbocycles. The lowest BCUT2D eigenvalue weighted by Crippen LogP contribution is -2.41. The molecule has 0 fully saturated rings. The maximum Gasteiger partial charge on any atom is 0.253 e. The van der Waals surface area contributed by atoms with Gasteiger partial charge in [-0.15, -0.1) is 0 Å². The number of carbonyl (C=O) groups excluding carboxylic acids is 1. The van der Waals surface area contributed by atoms with Crippen molar-refractivity contribution in [2.45, 2.75) is 33.7 Å². The molecular formula is C13H20ClN3O. The Balaban J connectivity index is 2.82. The van der Waals surface area contributed by atoms with E-state index in [9.17, 15) is 4.79 Å². The summed E-state index contributed by atoms with van der Waals surface area (Å²) in [5.41, 5.74) is 0.479. The molecule has 100 valence electrons. The fourth-order valence-corrected chi connectivity index (χ4v) is 1.50. The van der Waals surface area contributed by atoms with E-state index in [1.807, 2.05) is 6.92 Å². The minimum atomic E-state index is -0.158. The first-order valence-corrected chi connectivity index (χ1v) is 6.27. The van der Waals surface area contributed by atoms with E-state index in [4.69, 9.17) is 11.6 Å². The van der Waals surface area contributed by atoms with Crippen LogP contribution < -0.4 is 10.6 Å². The van der Waals surface area contributed by atoms with Crippen molar-refractivity contribution < 1.29 is 4.79 Å². The van der Waals surface area contributed by atoms with Crippen LogP contribution in [0.5, 0.6) is 0 Å². The molecule has 5 heteroatoms. The first-order valence-electron chi connectivity index (χ1n) is 5.90. The zero-order valence-electron chi connectivity index (χ0n) is 11.5. The molecule has 1 aromatic heterocycles. The summed E-state index contributed by atoms with van der Waals surface area (Å²) < 4.78 is 0. The van der Waals surface area contributed by atoms with E-state index < -0.39 is 0 Å². The van der Waals surface area contributed by atoms with Crippen molar-refractivity contribution in [3.63, 3.8) is 0 Å². The highest BCUT2D eigenvalue weighted by atomic mass is 35.5. The summed E-state index contributed by atoms with van der Waals surface area (Å²) in [6.07, 6.45) is 1.52. The maximum absolute atomic E-state index is 12.0. The van der Waals surface area contributed by atoms with Crippen LogP contribution in [0.25, 0.3) is 0 Å². The second-order valence-corrected chi connectivity index (χ2v) is 5.77. The number of hydrogen-bond acceptors (Lipinski definition) is 3. The fraction of sp³-hybridized carbons (Fsp3) is 0.538. The van der Waals surface area contributed by atoms with Gasteiger partial charge in [0.05, 0.1) is 10.6 Å². The normalized spacial score (nSPS) is 13.0. The highest BCUT2D eigenvalue weighted by Gasteiger charge is 2.22. The average molecular weight is 270 g/mol. The molecule has 0 radical (unpaired) electrons. The van der Waals surface area contributed by atoms with Crippen molar-refractivity contribution in [2.75, 3.05) is 12.4 Å². The lowest BCUT2D eigenvalue weighted by molar-refractivity contribution is 0.0910. The van der Waals surface area contributed by atoms with Crippen LogP contribution in [-0.2, 0) is 0 Å². The Hall–Kier alpha value is -1.29. The van der Waals surface area contributed by atoms with Gasteiger partial charge in [0.15, 0.2) is 0 Å². The summed E-state index contributed by atoms with van der Waals surface area (Å²) in [4.78, 5) is 16.1. The third-order valence-electron chi connectivity index (χ3n) is 2.99. The molecule has 1 unspecified atom stereocenters. The number of carbonyl (C=O) groups is 1. The van der Waals surface area contributed by atoms with Crippen molar-refractivity contribution in [3.05, 3.63) is 22.8 Å². The Morgan fingerprint density at radius 2 is 2.06 bits per heavy atom. The molecule has 0 aliphatic heterocycles. The molecule has 0 aromatic carbocycles. The molecule has 2 N–H and O–H groups in total. The first-order chi connectivity index (χ1) is 8.25. The summed E-state index contributed by atoms with van der Waals surface area (Å²) in [5.74, 6) is 0.409. The van der Waals surface area contributed by atoms with Crippen LogP contribution in [0.1, 0.15) is 38.1 Å². The van der Waals surface area contributed by atoms with Crippen molar-refractivity contribution in [1.29, 1.82) is 0 Å². The predicted octanol–water partition coefficient (Wildman–Crippen LogP) is 2.94. The summed E-state index contributed by atoms with van der Waals surface area (Å²) in [5, 5.41) is 6.23. The maximum atomic E-state index is 12.0. The molecule has 1 amide bonds. The highest BCUT2D eigenvalue weighted by Crippen LogP contribution is 2.21. The molecule has 0 saturated heterocycles. The Morgan fingerprint density at radius 3 is 2.50 bits per heavy atom. The van der Waals surface area contributed by atoms with Crippen LogP contribution in [0, 0.1) is 5.41 Å². The highest BCUT2D eigenvalue weighted by molar-refractivity contribution is 6.33. The number of nitrogens with zero attached hydrogens (tertiary/aromatic N) is 1. The number of pyridine rings is 1. The van der Waals surface area contributed by atoms with E-state index in [1.54, 1.807) is 13.1 Å². The van der Waals surface area contributed by atoms with Gasteiger partial charge in [-0.1, -0.05) is 32.4 Å². The Morgan fingerprint density at radius 1 is 1.44 bits per heavy atom. The van der Waals surface area contributed by atoms with Gasteiger partial charge in [-0.25, -0.2) is 4.98 Å². The van der Waals surface area contributed by atoms with Gasteiger partial charge < -0.3 is 10.6 Å². The van der Waals surface area contributed by atoms with Crippen LogP contribution in [0.2, 0.25) is 5.02 Å². The SMILES string of the molecule is CNc1ncc(C(=O)NC(C)C(C)(C)C)cc1Cl. The summed E-state index contributed by atoms with van der Waals surface area (Å²) in [7, 11) is 1.73. The first kappa shape index (κ1) is 14.8. The lowest BCUT2D eigenvalue weighted by atomic mass is 9.88. The number of amides is 1. The van der Waals surface area contributed by atoms with Gasteiger partial charge in [0.1, 0.15) is 5.82 Å². The fourth-order valence-electron chi connectivity index (χ4n) is 1.24.